The molecule has 2 aliphatic heterocycles. The average molecular weight is 381 g/mol. The zero-order chi connectivity index (χ0) is 19.2. The van der Waals surface area contributed by atoms with Crippen molar-refractivity contribution in [3.8, 4) is 0 Å². The third-order valence-electron chi connectivity index (χ3n) is 4.91. The number of sulfonamides is 1. The molecule has 0 amide bonds. The van der Waals surface area contributed by atoms with E-state index in [-0.39, 0.29) is 4.90 Å². The Balaban J connectivity index is 1.85. The number of fused-ring (bicyclic) bond motifs is 1. The summed E-state index contributed by atoms with van der Waals surface area (Å²) in [6.45, 7) is 3.69. The lowest BCUT2D eigenvalue weighted by molar-refractivity contribution is -0.140. The van der Waals surface area contributed by atoms with Crippen LogP contribution in [0.2, 0.25) is 0 Å². The lowest BCUT2D eigenvalue weighted by atomic mass is 9.91. The molecule has 0 fully saturated rings. The smallest absolute Gasteiger partial charge is 0.331 e. The fourth-order valence-corrected chi connectivity index (χ4v) is 4.97. The minimum absolute atomic E-state index is 0.202. The highest BCUT2D eigenvalue weighted by Crippen LogP contribution is 2.41. The van der Waals surface area contributed by atoms with E-state index in [0.29, 0.717) is 5.57 Å². The lowest BCUT2D eigenvalue weighted by Gasteiger charge is -2.37. The van der Waals surface area contributed by atoms with E-state index in [0.717, 1.165) is 16.7 Å². The van der Waals surface area contributed by atoms with Gasteiger partial charge in [-0.1, -0.05) is 42.0 Å². The van der Waals surface area contributed by atoms with Crippen LogP contribution in [0.5, 0.6) is 0 Å². The molecule has 0 saturated carbocycles. The fraction of sp³-hybridized carbons (Fsp3) is 0.190. The summed E-state index contributed by atoms with van der Waals surface area (Å²) in [6, 6.07) is 13.6. The normalized spacial score (nSPS) is 21.6. The molecule has 0 aromatic heterocycles. The van der Waals surface area contributed by atoms with Crippen LogP contribution in [0, 0.1) is 6.92 Å². The lowest BCUT2D eigenvalue weighted by Crippen LogP contribution is -2.40. The van der Waals surface area contributed by atoms with Crippen LogP contribution in [-0.4, -0.2) is 24.8 Å². The number of rotatable bonds is 3. The van der Waals surface area contributed by atoms with Gasteiger partial charge in [0.25, 0.3) is 10.0 Å². The average Bonchev–Trinajstić information content (AvgIpc) is 2.99. The fourth-order valence-electron chi connectivity index (χ4n) is 3.51. The minimum Gasteiger partial charge on any atom is -0.452 e. The van der Waals surface area contributed by atoms with Gasteiger partial charge in [0.05, 0.1) is 4.90 Å². The van der Waals surface area contributed by atoms with Gasteiger partial charge in [0, 0.05) is 12.3 Å². The first-order chi connectivity index (χ1) is 12.9. The van der Waals surface area contributed by atoms with Gasteiger partial charge >= 0.3 is 5.97 Å². The van der Waals surface area contributed by atoms with Crippen molar-refractivity contribution in [2.75, 3.05) is 0 Å². The summed E-state index contributed by atoms with van der Waals surface area (Å²) in [5, 5.41) is 0. The van der Waals surface area contributed by atoms with Crippen molar-refractivity contribution in [1.29, 1.82) is 0 Å². The molecule has 0 saturated heterocycles. The molecule has 2 aliphatic rings. The highest BCUT2D eigenvalue weighted by molar-refractivity contribution is 7.89. The Labute approximate surface area is 158 Å². The van der Waals surface area contributed by atoms with Crippen molar-refractivity contribution in [2.24, 2.45) is 0 Å². The summed E-state index contributed by atoms with van der Waals surface area (Å²) in [6.07, 6.45) is 4.08. The van der Waals surface area contributed by atoms with Crippen LogP contribution in [-0.2, 0) is 19.6 Å². The number of cyclic esters (lactones) is 1. The Kier molecular flexibility index (Phi) is 4.15. The molecule has 0 radical (unpaired) electrons. The van der Waals surface area contributed by atoms with E-state index in [9.17, 15) is 13.2 Å². The van der Waals surface area contributed by atoms with Gasteiger partial charge in [0.1, 0.15) is 12.1 Å². The van der Waals surface area contributed by atoms with Crippen molar-refractivity contribution in [2.45, 2.75) is 30.9 Å². The number of hydrogen-bond acceptors (Lipinski definition) is 4. The van der Waals surface area contributed by atoms with Gasteiger partial charge < -0.3 is 4.74 Å². The Morgan fingerprint density at radius 2 is 1.70 bits per heavy atom. The van der Waals surface area contributed by atoms with Crippen molar-refractivity contribution in [3.63, 3.8) is 0 Å². The topological polar surface area (TPSA) is 63.7 Å². The summed E-state index contributed by atoms with van der Waals surface area (Å²) in [5.41, 5.74) is 3.41. The number of nitrogens with zero attached hydrogens (tertiary/aromatic N) is 1. The van der Waals surface area contributed by atoms with Gasteiger partial charge in [-0.2, -0.15) is 0 Å². The van der Waals surface area contributed by atoms with Gasteiger partial charge in [0.2, 0.25) is 0 Å². The van der Waals surface area contributed by atoms with Gasteiger partial charge in [0.15, 0.2) is 0 Å². The number of carbonyl (C=O) groups is 1. The Hall–Kier alpha value is -2.86. The van der Waals surface area contributed by atoms with Crippen molar-refractivity contribution >= 4 is 22.1 Å². The first kappa shape index (κ1) is 17.5. The maximum absolute atomic E-state index is 13.4. The predicted octanol–water partition coefficient (Wildman–Crippen LogP) is 3.58. The van der Waals surface area contributed by atoms with E-state index >= 15 is 0 Å². The van der Waals surface area contributed by atoms with Crippen LogP contribution in [0.3, 0.4) is 0 Å². The van der Waals surface area contributed by atoms with Gasteiger partial charge in [-0.05, 0) is 48.8 Å². The van der Waals surface area contributed by atoms with Crippen molar-refractivity contribution in [1.82, 2.24) is 4.31 Å². The van der Waals surface area contributed by atoms with Crippen LogP contribution in [0.25, 0.3) is 6.08 Å². The van der Waals surface area contributed by atoms with E-state index in [1.165, 1.54) is 10.4 Å². The zero-order valence-corrected chi connectivity index (χ0v) is 15.8. The highest BCUT2D eigenvalue weighted by Gasteiger charge is 2.42. The molecule has 138 valence electrons. The maximum atomic E-state index is 13.4. The second-order valence-corrected chi connectivity index (χ2v) is 8.63. The standard InChI is InChI=1S/C21H19NO4S/c1-14-7-9-17(10-8-14)27(24,25)22-12-11-16-5-3-4-6-18(16)20(22)21-15(2)13-19(23)26-21/h3-13,20-21H,1-2H3/t20-,21-/m0/s1. The summed E-state index contributed by atoms with van der Waals surface area (Å²) < 4.78 is 33.5. The molecular formula is C21H19NO4S. The molecule has 0 bridgehead atoms. The highest BCUT2D eigenvalue weighted by atomic mass is 32.2. The maximum Gasteiger partial charge on any atom is 0.331 e. The molecule has 2 aromatic carbocycles. The predicted molar refractivity (Wildman–Crippen MR) is 102 cm³/mol. The van der Waals surface area contributed by atoms with Crippen LogP contribution >= 0.6 is 0 Å². The van der Waals surface area contributed by atoms with E-state index < -0.39 is 28.1 Å². The number of hydrogen-bond donors (Lipinski definition) is 0. The molecule has 6 heteroatoms. The molecule has 2 atom stereocenters. The van der Waals surface area contributed by atoms with Crippen LogP contribution < -0.4 is 0 Å². The largest absolute Gasteiger partial charge is 0.452 e. The minimum atomic E-state index is -3.82. The monoisotopic (exact) mass is 381 g/mol. The SMILES string of the molecule is CC1=CC(=O)O[C@@H]1[C@@H]1c2ccccc2C=CN1S(=O)(=O)c1ccc(C)cc1. The van der Waals surface area contributed by atoms with Gasteiger partial charge in [-0.15, -0.1) is 0 Å². The number of aryl methyl sites for hydroxylation is 1. The van der Waals surface area contributed by atoms with Gasteiger partial charge in [-0.3, -0.25) is 4.31 Å². The van der Waals surface area contributed by atoms with Crippen LogP contribution in [0.15, 0.2) is 71.3 Å². The second-order valence-electron chi connectivity index (χ2n) is 6.78. The second kappa shape index (κ2) is 6.39. The first-order valence-corrected chi connectivity index (χ1v) is 10.1. The molecule has 0 N–H and O–H groups in total. The van der Waals surface area contributed by atoms with E-state index in [4.69, 9.17) is 4.74 Å². The molecular weight excluding hydrogens is 362 g/mol. The number of ether oxygens (including phenoxy) is 1. The van der Waals surface area contributed by atoms with E-state index in [1.807, 2.05) is 31.2 Å². The number of esters is 1. The number of carbonyl (C=O) groups excluding carboxylic acids is 1. The molecule has 2 heterocycles. The Morgan fingerprint density at radius 1 is 1.00 bits per heavy atom. The molecule has 0 aliphatic carbocycles. The van der Waals surface area contributed by atoms with Crippen LogP contribution in [0.4, 0.5) is 0 Å². The Bertz CT molecular complexity index is 1070. The molecule has 27 heavy (non-hydrogen) atoms. The molecule has 4 rings (SSSR count). The van der Waals surface area contributed by atoms with E-state index in [1.54, 1.807) is 43.5 Å². The first-order valence-electron chi connectivity index (χ1n) is 8.64. The van der Waals surface area contributed by atoms with Crippen molar-refractivity contribution < 1.29 is 17.9 Å². The van der Waals surface area contributed by atoms with Gasteiger partial charge in [-0.25, -0.2) is 13.2 Å². The molecule has 0 spiro atoms. The zero-order valence-electron chi connectivity index (χ0n) is 15.0. The molecule has 5 nitrogen and oxygen atoms in total. The molecule has 0 unspecified atom stereocenters. The van der Waals surface area contributed by atoms with E-state index in [2.05, 4.69) is 0 Å². The quantitative estimate of drug-likeness (QED) is 0.763. The summed E-state index contributed by atoms with van der Waals surface area (Å²) in [7, 11) is -3.82. The summed E-state index contributed by atoms with van der Waals surface area (Å²) in [5.74, 6) is -0.447. The summed E-state index contributed by atoms with van der Waals surface area (Å²) in [4.78, 5) is 12.0. The number of benzene rings is 2. The Morgan fingerprint density at radius 3 is 2.37 bits per heavy atom. The molecule has 2 aromatic rings. The van der Waals surface area contributed by atoms with Crippen LogP contribution in [0.1, 0.15) is 29.7 Å². The summed E-state index contributed by atoms with van der Waals surface area (Å²) >= 11 is 0. The third kappa shape index (κ3) is 2.96. The third-order valence-corrected chi connectivity index (χ3v) is 6.68. The van der Waals surface area contributed by atoms with Crippen molar-refractivity contribution in [3.05, 3.63) is 83.1 Å².